The number of fused-ring (bicyclic) bond motifs is 1. The zero-order chi connectivity index (χ0) is 8.55. The zero-order valence-corrected chi connectivity index (χ0v) is 8.76. The van der Waals surface area contributed by atoms with Gasteiger partial charge in [-0.3, -0.25) is 4.98 Å². The molecule has 2 aromatic rings. The van der Waals surface area contributed by atoms with Crippen molar-refractivity contribution in [1.29, 1.82) is 0 Å². The average Bonchev–Trinajstić information content (AvgIpc) is 2.49. The first kappa shape index (κ1) is 8.35. The lowest BCUT2D eigenvalue weighted by Gasteiger charge is -1.88. The smallest absolute Gasteiger partial charge is 0.0836 e. The molecule has 2 rings (SSSR count). The van der Waals surface area contributed by atoms with E-state index < -0.39 is 0 Å². The van der Waals surface area contributed by atoms with Crippen LogP contribution in [0.25, 0.3) is 10.2 Å². The molecule has 0 amide bonds. The van der Waals surface area contributed by atoms with Crippen LogP contribution in [0, 0.1) is 0 Å². The zero-order valence-electron chi connectivity index (χ0n) is 6.37. The molecule has 0 fully saturated rings. The van der Waals surface area contributed by atoms with Crippen LogP contribution in [0.3, 0.4) is 0 Å². The monoisotopic (exact) mass is 215 g/mol. The van der Waals surface area contributed by atoms with E-state index in [1.54, 1.807) is 29.3 Å². The molecule has 62 valence electrons. The third-order valence-corrected chi connectivity index (χ3v) is 4.19. The molecule has 12 heavy (non-hydrogen) atoms. The molecule has 2 heterocycles. The summed E-state index contributed by atoms with van der Waals surface area (Å²) in [5.41, 5.74) is 0.997. The minimum absolute atomic E-state index is 0.797. The maximum Gasteiger partial charge on any atom is 0.0836 e. The SMILES string of the molecule is CSc1cc2nccc(Cl)c2s1. The number of thiophene rings is 1. The van der Waals surface area contributed by atoms with Crippen molar-refractivity contribution < 1.29 is 0 Å². The van der Waals surface area contributed by atoms with E-state index >= 15 is 0 Å². The molecule has 0 atom stereocenters. The van der Waals surface area contributed by atoms with Crippen LogP contribution in [0.5, 0.6) is 0 Å². The maximum absolute atomic E-state index is 5.99. The van der Waals surface area contributed by atoms with Gasteiger partial charge in [-0.25, -0.2) is 0 Å². The highest BCUT2D eigenvalue weighted by Gasteiger charge is 2.04. The van der Waals surface area contributed by atoms with E-state index in [2.05, 4.69) is 17.3 Å². The third-order valence-electron chi connectivity index (χ3n) is 1.54. The van der Waals surface area contributed by atoms with Crippen LogP contribution in [-0.2, 0) is 0 Å². The van der Waals surface area contributed by atoms with Crippen molar-refractivity contribution in [3.05, 3.63) is 23.4 Å². The highest BCUT2D eigenvalue weighted by atomic mass is 35.5. The van der Waals surface area contributed by atoms with Gasteiger partial charge in [-0.2, -0.15) is 0 Å². The Kier molecular flexibility index (Phi) is 2.26. The van der Waals surface area contributed by atoms with E-state index in [1.165, 1.54) is 4.21 Å². The van der Waals surface area contributed by atoms with Crippen LogP contribution in [0.4, 0.5) is 0 Å². The second kappa shape index (κ2) is 3.24. The summed E-state index contributed by atoms with van der Waals surface area (Å²) >= 11 is 9.40. The number of aromatic nitrogens is 1. The van der Waals surface area contributed by atoms with Crippen molar-refractivity contribution in [3.63, 3.8) is 0 Å². The summed E-state index contributed by atoms with van der Waals surface area (Å²) in [4.78, 5) is 4.22. The minimum atomic E-state index is 0.797. The van der Waals surface area contributed by atoms with Gasteiger partial charge in [0, 0.05) is 6.20 Å². The summed E-state index contributed by atoms with van der Waals surface area (Å²) in [7, 11) is 0. The molecule has 0 saturated heterocycles. The Morgan fingerprint density at radius 1 is 1.58 bits per heavy atom. The lowest BCUT2D eigenvalue weighted by molar-refractivity contribution is 1.42. The fourth-order valence-corrected chi connectivity index (χ4v) is 2.82. The molecular weight excluding hydrogens is 210 g/mol. The molecule has 1 nitrogen and oxygen atoms in total. The highest BCUT2D eigenvalue weighted by molar-refractivity contribution is 8.00. The predicted molar refractivity (Wildman–Crippen MR) is 56.4 cm³/mol. The lowest BCUT2D eigenvalue weighted by atomic mass is 10.4. The molecular formula is C8H6ClNS2. The molecule has 2 aromatic heterocycles. The first-order valence-corrected chi connectivity index (χ1v) is 5.81. The summed E-state index contributed by atoms with van der Waals surface area (Å²) in [5.74, 6) is 0. The second-order valence-corrected chi connectivity index (χ2v) is 4.84. The van der Waals surface area contributed by atoms with Gasteiger partial charge < -0.3 is 0 Å². The van der Waals surface area contributed by atoms with Gasteiger partial charge in [-0.1, -0.05) is 11.6 Å². The van der Waals surface area contributed by atoms with E-state index in [4.69, 9.17) is 11.6 Å². The minimum Gasteiger partial charge on any atom is -0.255 e. The second-order valence-electron chi connectivity index (χ2n) is 2.28. The number of hydrogen-bond donors (Lipinski definition) is 0. The summed E-state index contributed by atoms with van der Waals surface area (Å²) in [5, 5.41) is 0.797. The number of pyridine rings is 1. The Hall–Kier alpha value is -0.250. The number of rotatable bonds is 1. The van der Waals surface area contributed by atoms with Crippen molar-refractivity contribution in [2.75, 3.05) is 6.26 Å². The Morgan fingerprint density at radius 3 is 3.08 bits per heavy atom. The molecule has 0 bridgehead atoms. The molecule has 0 saturated carbocycles. The van der Waals surface area contributed by atoms with Gasteiger partial charge in [0.25, 0.3) is 0 Å². The molecule has 0 aliphatic carbocycles. The molecule has 0 aliphatic heterocycles. The van der Waals surface area contributed by atoms with Crippen molar-refractivity contribution in [2.45, 2.75) is 4.21 Å². The molecule has 0 unspecified atom stereocenters. The Morgan fingerprint density at radius 2 is 2.42 bits per heavy atom. The van der Waals surface area contributed by atoms with Crippen molar-refractivity contribution in [2.24, 2.45) is 0 Å². The number of hydrogen-bond acceptors (Lipinski definition) is 3. The van der Waals surface area contributed by atoms with Crippen LogP contribution >= 0.6 is 34.7 Å². The Bertz CT molecular complexity index is 410. The van der Waals surface area contributed by atoms with E-state index in [0.29, 0.717) is 0 Å². The largest absolute Gasteiger partial charge is 0.255 e. The first-order chi connectivity index (χ1) is 5.81. The van der Waals surface area contributed by atoms with Crippen LogP contribution in [0.1, 0.15) is 0 Å². The Balaban J connectivity index is 2.74. The quantitative estimate of drug-likeness (QED) is 0.674. The van der Waals surface area contributed by atoms with E-state index in [0.717, 1.165) is 15.2 Å². The number of halogens is 1. The van der Waals surface area contributed by atoms with Crippen molar-refractivity contribution >= 4 is 44.9 Å². The fraction of sp³-hybridized carbons (Fsp3) is 0.125. The van der Waals surface area contributed by atoms with Gasteiger partial charge in [0.15, 0.2) is 0 Å². The van der Waals surface area contributed by atoms with Crippen molar-refractivity contribution in [3.8, 4) is 0 Å². The third kappa shape index (κ3) is 1.32. The normalized spacial score (nSPS) is 10.8. The van der Waals surface area contributed by atoms with Crippen LogP contribution < -0.4 is 0 Å². The van der Waals surface area contributed by atoms with Gasteiger partial charge >= 0.3 is 0 Å². The standard InChI is InChI=1S/C8H6ClNS2/c1-11-7-4-6-8(12-7)5(9)2-3-10-6/h2-4H,1H3. The molecule has 0 aromatic carbocycles. The lowest BCUT2D eigenvalue weighted by Crippen LogP contribution is -1.69. The van der Waals surface area contributed by atoms with Crippen molar-refractivity contribution in [1.82, 2.24) is 4.98 Å². The van der Waals surface area contributed by atoms with Gasteiger partial charge in [-0.15, -0.1) is 23.1 Å². The Labute approximate surface area is 83.8 Å². The topological polar surface area (TPSA) is 12.9 Å². The van der Waals surface area contributed by atoms with E-state index in [-0.39, 0.29) is 0 Å². The molecule has 0 N–H and O–H groups in total. The van der Waals surface area contributed by atoms with Crippen LogP contribution in [0.15, 0.2) is 22.5 Å². The van der Waals surface area contributed by atoms with E-state index in [1.807, 2.05) is 6.07 Å². The molecule has 4 heteroatoms. The summed E-state index contributed by atoms with van der Waals surface area (Å²) in [6.45, 7) is 0. The van der Waals surface area contributed by atoms with Crippen LogP contribution in [-0.4, -0.2) is 11.2 Å². The van der Waals surface area contributed by atoms with Gasteiger partial charge in [0.1, 0.15) is 0 Å². The maximum atomic E-state index is 5.99. The number of thioether (sulfide) groups is 1. The predicted octanol–water partition coefficient (Wildman–Crippen LogP) is 3.67. The van der Waals surface area contributed by atoms with Gasteiger partial charge in [0.05, 0.1) is 19.4 Å². The van der Waals surface area contributed by atoms with Gasteiger partial charge in [-0.05, 0) is 18.4 Å². The average molecular weight is 216 g/mol. The van der Waals surface area contributed by atoms with Gasteiger partial charge in [0.2, 0.25) is 0 Å². The summed E-state index contributed by atoms with van der Waals surface area (Å²) in [6, 6.07) is 3.89. The fourth-order valence-electron chi connectivity index (χ4n) is 0.986. The molecule has 0 spiro atoms. The first-order valence-electron chi connectivity index (χ1n) is 3.39. The van der Waals surface area contributed by atoms with E-state index in [9.17, 15) is 0 Å². The summed E-state index contributed by atoms with van der Waals surface area (Å²) in [6.07, 6.45) is 3.79. The molecule has 0 radical (unpaired) electrons. The highest BCUT2D eigenvalue weighted by Crippen LogP contribution is 2.34. The molecule has 0 aliphatic rings. The number of nitrogens with zero attached hydrogens (tertiary/aromatic N) is 1. The van der Waals surface area contributed by atoms with Crippen LogP contribution in [0.2, 0.25) is 5.02 Å². The summed E-state index contributed by atoms with van der Waals surface area (Å²) < 4.78 is 2.34.